The van der Waals surface area contributed by atoms with Crippen LogP contribution in [0.5, 0.6) is 0 Å². The van der Waals surface area contributed by atoms with Gasteiger partial charge in [0.15, 0.2) is 0 Å². The summed E-state index contributed by atoms with van der Waals surface area (Å²) in [4.78, 5) is 4.09. The molecule has 0 aliphatic heterocycles. The number of hydrogen-bond acceptors (Lipinski definition) is 3. The average molecular weight is 183 g/mol. The summed E-state index contributed by atoms with van der Waals surface area (Å²) in [6, 6.07) is 0. The molecule has 74 valence electrons. The molecule has 0 radical (unpaired) electrons. The van der Waals surface area contributed by atoms with Crippen molar-refractivity contribution in [2.45, 2.75) is 20.0 Å². The highest BCUT2D eigenvalue weighted by Gasteiger charge is 1.99. The van der Waals surface area contributed by atoms with E-state index in [1.807, 2.05) is 26.5 Å². The van der Waals surface area contributed by atoms with E-state index >= 15 is 0 Å². The lowest BCUT2D eigenvalue weighted by atomic mass is 10.4. The zero-order valence-corrected chi connectivity index (χ0v) is 8.29. The van der Waals surface area contributed by atoms with Crippen LogP contribution in [0.2, 0.25) is 0 Å². The van der Waals surface area contributed by atoms with Crippen LogP contribution in [0.4, 0.5) is 0 Å². The first-order chi connectivity index (χ1) is 6.38. The second kappa shape index (κ2) is 5.72. The number of nitrogens with one attached hydrogen (secondary N) is 1. The first-order valence-electron chi connectivity index (χ1n) is 4.59. The Balaban J connectivity index is 2.40. The molecular formula is C9H17N3O. The van der Waals surface area contributed by atoms with Crippen molar-refractivity contribution in [3.05, 3.63) is 18.2 Å². The molecule has 0 atom stereocenters. The second-order valence-electron chi connectivity index (χ2n) is 2.81. The van der Waals surface area contributed by atoms with Gasteiger partial charge in [0, 0.05) is 25.9 Å². The minimum Gasteiger partial charge on any atom is -0.380 e. The van der Waals surface area contributed by atoms with Crippen LogP contribution in [0, 0.1) is 0 Å². The van der Waals surface area contributed by atoms with Crippen molar-refractivity contribution in [1.29, 1.82) is 0 Å². The molecule has 0 spiro atoms. The molecular weight excluding hydrogens is 166 g/mol. The number of nitrogens with zero attached hydrogens (tertiary/aromatic N) is 2. The largest absolute Gasteiger partial charge is 0.380 e. The number of imidazole rings is 1. The Kier molecular flexibility index (Phi) is 4.49. The lowest BCUT2D eigenvalue weighted by Crippen LogP contribution is -2.13. The Labute approximate surface area is 78.9 Å². The van der Waals surface area contributed by atoms with Gasteiger partial charge >= 0.3 is 0 Å². The van der Waals surface area contributed by atoms with Gasteiger partial charge in [0.2, 0.25) is 0 Å². The molecule has 1 N–H and O–H groups in total. The summed E-state index contributed by atoms with van der Waals surface area (Å²) >= 11 is 0. The van der Waals surface area contributed by atoms with Gasteiger partial charge in [-0.05, 0) is 14.0 Å². The van der Waals surface area contributed by atoms with Crippen LogP contribution in [0.15, 0.2) is 12.5 Å². The van der Waals surface area contributed by atoms with Crippen LogP contribution in [0.1, 0.15) is 12.6 Å². The van der Waals surface area contributed by atoms with Crippen LogP contribution in [-0.4, -0.2) is 29.8 Å². The quantitative estimate of drug-likeness (QED) is 0.658. The van der Waals surface area contributed by atoms with Gasteiger partial charge in [0.1, 0.15) is 0 Å². The maximum atomic E-state index is 5.27. The van der Waals surface area contributed by atoms with Gasteiger partial charge in [0.25, 0.3) is 0 Å². The van der Waals surface area contributed by atoms with E-state index in [4.69, 9.17) is 4.74 Å². The Bertz CT molecular complexity index is 235. The molecule has 0 saturated carbocycles. The molecule has 4 heteroatoms. The third-order valence-electron chi connectivity index (χ3n) is 1.84. The zero-order valence-electron chi connectivity index (χ0n) is 8.29. The van der Waals surface area contributed by atoms with Gasteiger partial charge in [-0.15, -0.1) is 0 Å². The Morgan fingerprint density at radius 1 is 1.62 bits per heavy atom. The van der Waals surface area contributed by atoms with E-state index in [2.05, 4.69) is 14.9 Å². The van der Waals surface area contributed by atoms with E-state index in [-0.39, 0.29) is 0 Å². The van der Waals surface area contributed by atoms with E-state index in [0.29, 0.717) is 0 Å². The first kappa shape index (κ1) is 10.2. The standard InChI is InChI=1S/C9H17N3O/c1-3-13-5-4-12-8-11-7-9(12)6-10-2/h7-8,10H,3-6H2,1-2H3. The molecule has 1 aromatic rings. The molecule has 1 rings (SSSR count). The zero-order chi connectivity index (χ0) is 9.52. The summed E-state index contributed by atoms with van der Waals surface area (Å²) in [5.74, 6) is 0. The molecule has 0 amide bonds. The Morgan fingerprint density at radius 2 is 2.46 bits per heavy atom. The predicted octanol–water partition coefficient (Wildman–Crippen LogP) is 0.639. The highest BCUT2D eigenvalue weighted by molar-refractivity contribution is 4.97. The average Bonchev–Trinajstić information content (AvgIpc) is 2.54. The highest BCUT2D eigenvalue weighted by Crippen LogP contribution is 1.98. The number of aromatic nitrogens is 2. The van der Waals surface area contributed by atoms with E-state index in [1.54, 1.807) is 0 Å². The summed E-state index contributed by atoms with van der Waals surface area (Å²) in [5, 5.41) is 3.10. The topological polar surface area (TPSA) is 39.1 Å². The molecule has 0 fully saturated rings. The van der Waals surface area contributed by atoms with Crippen molar-refractivity contribution in [3.8, 4) is 0 Å². The summed E-state index contributed by atoms with van der Waals surface area (Å²) in [6.07, 6.45) is 3.72. The van der Waals surface area contributed by atoms with Gasteiger partial charge < -0.3 is 14.6 Å². The van der Waals surface area contributed by atoms with E-state index < -0.39 is 0 Å². The van der Waals surface area contributed by atoms with E-state index in [1.165, 1.54) is 5.69 Å². The molecule has 13 heavy (non-hydrogen) atoms. The van der Waals surface area contributed by atoms with Crippen LogP contribution in [0.3, 0.4) is 0 Å². The smallest absolute Gasteiger partial charge is 0.0949 e. The van der Waals surface area contributed by atoms with Crippen LogP contribution >= 0.6 is 0 Å². The lowest BCUT2D eigenvalue weighted by molar-refractivity contribution is 0.138. The van der Waals surface area contributed by atoms with Gasteiger partial charge in [-0.3, -0.25) is 0 Å². The minimum absolute atomic E-state index is 0.754. The fraction of sp³-hybridized carbons (Fsp3) is 0.667. The molecule has 0 saturated heterocycles. The van der Waals surface area contributed by atoms with Gasteiger partial charge in [0.05, 0.1) is 18.6 Å². The van der Waals surface area contributed by atoms with Crippen LogP contribution in [0.25, 0.3) is 0 Å². The van der Waals surface area contributed by atoms with Crippen LogP contribution in [-0.2, 0) is 17.8 Å². The third-order valence-corrected chi connectivity index (χ3v) is 1.84. The summed E-state index contributed by atoms with van der Waals surface area (Å²) in [5.41, 5.74) is 1.20. The molecule has 0 aliphatic rings. The third kappa shape index (κ3) is 3.16. The molecule has 0 aliphatic carbocycles. The highest BCUT2D eigenvalue weighted by atomic mass is 16.5. The fourth-order valence-electron chi connectivity index (χ4n) is 1.19. The molecule has 0 bridgehead atoms. The van der Waals surface area contributed by atoms with Crippen molar-refractivity contribution in [1.82, 2.24) is 14.9 Å². The molecule has 0 unspecified atom stereocenters. The van der Waals surface area contributed by atoms with Crippen molar-refractivity contribution in [2.24, 2.45) is 0 Å². The van der Waals surface area contributed by atoms with Gasteiger partial charge in [-0.2, -0.15) is 0 Å². The molecule has 1 aromatic heterocycles. The lowest BCUT2D eigenvalue weighted by Gasteiger charge is -2.07. The molecule has 4 nitrogen and oxygen atoms in total. The van der Waals surface area contributed by atoms with E-state index in [0.717, 1.165) is 26.3 Å². The normalized spacial score (nSPS) is 10.6. The van der Waals surface area contributed by atoms with Crippen LogP contribution < -0.4 is 5.32 Å². The predicted molar refractivity (Wildman–Crippen MR) is 51.5 cm³/mol. The maximum Gasteiger partial charge on any atom is 0.0949 e. The van der Waals surface area contributed by atoms with Crippen molar-refractivity contribution >= 4 is 0 Å². The molecule has 1 heterocycles. The first-order valence-corrected chi connectivity index (χ1v) is 4.59. The number of ether oxygens (including phenoxy) is 1. The second-order valence-corrected chi connectivity index (χ2v) is 2.81. The number of rotatable bonds is 6. The minimum atomic E-state index is 0.754. The summed E-state index contributed by atoms with van der Waals surface area (Å²) < 4.78 is 7.37. The summed E-state index contributed by atoms with van der Waals surface area (Å²) in [7, 11) is 1.93. The van der Waals surface area contributed by atoms with Crippen molar-refractivity contribution in [3.63, 3.8) is 0 Å². The van der Waals surface area contributed by atoms with Crippen molar-refractivity contribution < 1.29 is 4.74 Å². The number of hydrogen-bond donors (Lipinski definition) is 1. The summed E-state index contributed by atoms with van der Waals surface area (Å²) in [6.45, 7) is 5.26. The van der Waals surface area contributed by atoms with Gasteiger partial charge in [-0.25, -0.2) is 4.98 Å². The maximum absolute atomic E-state index is 5.27. The Morgan fingerprint density at radius 3 is 3.15 bits per heavy atom. The fourth-order valence-corrected chi connectivity index (χ4v) is 1.19. The Hall–Kier alpha value is -0.870. The monoisotopic (exact) mass is 183 g/mol. The molecule has 0 aromatic carbocycles. The SMILES string of the molecule is CCOCCn1cncc1CNC. The van der Waals surface area contributed by atoms with Crippen molar-refractivity contribution in [2.75, 3.05) is 20.3 Å². The van der Waals surface area contributed by atoms with Gasteiger partial charge in [-0.1, -0.05) is 0 Å². The van der Waals surface area contributed by atoms with E-state index in [9.17, 15) is 0 Å².